The van der Waals surface area contributed by atoms with Gasteiger partial charge in [-0.1, -0.05) is 18.7 Å². The molecule has 34 heavy (non-hydrogen) atoms. The highest BCUT2D eigenvalue weighted by Gasteiger charge is 2.33. The van der Waals surface area contributed by atoms with Crippen LogP contribution in [0, 0.1) is 13.8 Å². The van der Waals surface area contributed by atoms with Gasteiger partial charge in [0.25, 0.3) is 5.56 Å². The van der Waals surface area contributed by atoms with Gasteiger partial charge >= 0.3 is 0 Å². The van der Waals surface area contributed by atoms with Crippen molar-refractivity contribution in [3.63, 3.8) is 0 Å². The number of fused-ring (bicyclic) bond motifs is 1. The Bertz CT molecular complexity index is 1440. The Morgan fingerprint density at radius 3 is 2.71 bits per heavy atom. The molecule has 0 spiro atoms. The molecule has 0 bridgehead atoms. The second-order valence-electron chi connectivity index (χ2n) is 8.53. The number of hydrogen-bond donors (Lipinski definition) is 1. The molecule has 0 radical (unpaired) electrons. The minimum atomic E-state index is -3.10. The number of amides is 1. The highest BCUT2D eigenvalue weighted by atomic mass is 32.2. The highest BCUT2D eigenvalue weighted by molar-refractivity contribution is 7.99. The molecule has 1 aromatic carbocycles. The number of aromatic nitrogens is 2. The van der Waals surface area contributed by atoms with Crippen LogP contribution in [0.15, 0.2) is 28.2 Å². The van der Waals surface area contributed by atoms with Gasteiger partial charge < -0.3 is 10.0 Å². The molecule has 1 N–H and O–H groups in total. The Morgan fingerprint density at radius 1 is 1.35 bits per heavy atom. The van der Waals surface area contributed by atoms with Crippen LogP contribution in [0.3, 0.4) is 0 Å². The summed E-state index contributed by atoms with van der Waals surface area (Å²) in [5.41, 5.74) is 2.06. The molecule has 1 unspecified atom stereocenters. The summed E-state index contributed by atoms with van der Waals surface area (Å²) in [5, 5.41) is 10.8. The number of aryl methyl sites for hydroxylation is 3. The van der Waals surface area contributed by atoms with Crippen LogP contribution in [0.1, 0.15) is 29.3 Å². The van der Waals surface area contributed by atoms with E-state index >= 15 is 0 Å². The van der Waals surface area contributed by atoms with Crippen LogP contribution in [0.5, 0.6) is 5.75 Å². The molecule has 182 valence electrons. The molecule has 3 heterocycles. The molecule has 8 nitrogen and oxygen atoms in total. The molecule has 1 amide bonds. The highest BCUT2D eigenvalue weighted by Crippen LogP contribution is 2.32. The molecule has 1 aliphatic heterocycles. The standard InChI is InChI=1S/C23H27N3O5S3/c1-5-17-14(3)33-21-20(17)22(29)26(18-7-6-16(27)10-13(18)2)23(24-21)32-11-19(28)25(4)15-8-9-34(30,31)12-15/h6-7,10,15,27H,5,8-9,11-12H2,1-4H3. The first-order chi connectivity index (χ1) is 16.0. The maximum Gasteiger partial charge on any atom is 0.267 e. The Kier molecular flexibility index (Phi) is 6.80. The van der Waals surface area contributed by atoms with Crippen molar-refractivity contribution >= 4 is 49.1 Å². The molecule has 4 rings (SSSR count). The van der Waals surface area contributed by atoms with Crippen LogP contribution in [0.2, 0.25) is 0 Å². The van der Waals surface area contributed by atoms with Gasteiger partial charge in [0.2, 0.25) is 5.91 Å². The zero-order valence-electron chi connectivity index (χ0n) is 19.5. The second-order valence-corrected chi connectivity index (χ2v) is 12.9. The van der Waals surface area contributed by atoms with Gasteiger partial charge in [-0.15, -0.1) is 11.3 Å². The predicted molar refractivity (Wildman–Crippen MR) is 136 cm³/mol. The molecule has 0 saturated carbocycles. The number of phenolic OH excluding ortho intramolecular Hbond substituents is 1. The lowest BCUT2D eigenvalue weighted by atomic mass is 10.1. The predicted octanol–water partition coefficient (Wildman–Crippen LogP) is 3.07. The van der Waals surface area contributed by atoms with Crippen molar-refractivity contribution in [2.75, 3.05) is 24.3 Å². The summed E-state index contributed by atoms with van der Waals surface area (Å²) in [5.74, 6) is -0.0192. The number of sulfone groups is 1. The van der Waals surface area contributed by atoms with E-state index in [4.69, 9.17) is 4.98 Å². The molecular weight excluding hydrogens is 494 g/mol. The van der Waals surface area contributed by atoms with E-state index in [1.54, 1.807) is 26.1 Å². The Hall–Kier alpha value is -2.37. The number of phenols is 1. The zero-order chi connectivity index (χ0) is 24.8. The zero-order valence-corrected chi connectivity index (χ0v) is 21.9. The first-order valence-electron chi connectivity index (χ1n) is 11.0. The normalized spacial score (nSPS) is 17.4. The van der Waals surface area contributed by atoms with Crippen molar-refractivity contribution in [1.82, 2.24) is 14.5 Å². The lowest BCUT2D eigenvalue weighted by Gasteiger charge is -2.23. The van der Waals surface area contributed by atoms with Crippen LogP contribution in [0.4, 0.5) is 0 Å². The molecular formula is C23H27N3O5S3. The molecule has 1 aliphatic rings. The van der Waals surface area contributed by atoms with E-state index in [1.165, 1.54) is 26.9 Å². The minimum absolute atomic E-state index is 0.0181. The lowest BCUT2D eigenvalue weighted by molar-refractivity contribution is -0.128. The molecule has 1 saturated heterocycles. The van der Waals surface area contributed by atoms with Crippen LogP contribution in [-0.2, 0) is 21.1 Å². The Labute approximate surface area is 206 Å². The van der Waals surface area contributed by atoms with E-state index in [1.807, 2.05) is 13.8 Å². The maximum atomic E-state index is 13.7. The lowest BCUT2D eigenvalue weighted by Crippen LogP contribution is -2.39. The minimum Gasteiger partial charge on any atom is -0.508 e. The van der Waals surface area contributed by atoms with Gasteiger partial charge in [0.1, 0.15) is 10.6 Å². The van der Waals surface area contributed by atoms with Crippen molar-refractivity contribution in [3.05, 3.63) is 44.6 Å². The third-order valence-corrected chi connectivity index (χ3v) is 9.96. The summed E-state index contributed by atoms with van der Waals surface area (Å²) in [7, 11) is -1.48. The summed E-state index contributed by atoms with van der Waals surface area (Å²) >= 11 is 2.62. The molecule has 0 aliphatic carbocycles. The van der Waals surface area contributed by atoms with Crippen molar-refractivity contribution < 1.29 is 18.3 Å². The van der Waals surface area contributed by atoms with Gasteiger partial charge in [-0.25, -0.2) is 13.4 Å². The third-order valence-electron chi connectivity index (χ3n) is 6.24. The molecule has 11 heteroatoms. The summed E-state index contributed by atoms with van der Waals surface area (Å²) in [6.07, 6.45) is 1.14. The maximum absolute atomic E-state index is 13.7. The quantitative estimate of drug-likeness (QED) is 0.392. The summed E-state index contributed by atoms with van der Waals surface area (Å²) in [6.45, 7) is 5.78. The third kappa shape index (κ3) is 4.60. The molecule has 1 atom stereocenters. The number of benzene rings is 1. The number of carbonyl (C=O) groups is 1. The average molecular weight is 522 g/mol. The first kappa shape index (κ1) is 24.7. The molecule has 2 aromatic heterocycles. The van der Waals surface area contributed by atoms with Gasteiger partial charge in [0.05, 0.1) is 28.3 Å². The van der Waals surface area contributed by atoms with E-state index < -0.39 is 9.84 Å². The van der Waals surface area contributed by atoms with E-state index in [9.17, 15) is 23.1 Å². The van der Waals surface area contributed by atoms with Gasteiger partial charge in [-0.2, -0.15) is 0 Å². The van der Waals surface area contributed by atoms with Crippen molar-refractivity contribution in [2.24, 2.45) is 0 Å². The fourth-order valence-electron chi connectivity index (χ4n) is 4.34. The van der Waals surface area contributed by atoms with Crippen molar-refractivity contribution in [3.8, 4) is 11.4 Å². The number of rotatable bonds is 6. The van der Waals surface area contributed by atoms with Crippen LogP contribution in [-0.4, -0.2) is 64.2 Å². The Balaban J connectivity index is 1.74. The van der Waals surface area contributed by atoms with Crippen LogP contribution >= 0.6 is 23.1 Å². The van der Waals surface area contributed by atoms with E-state index in [-0.39, 0.29) is 40.5 Å². The largest absolute Gasteiger partial charge is 0.508 e. The van der Waals surface area contributed by atoms with Crippen molar-refractivity contribution in [2.45, 2.75) is 44.8 Å². The smallest absolute Gasteiger partial charge is 0.267 e. The monoisotopic (exact) mass is 521 g/mol. The molecule has 3 aromatic rings. The van der Waals surface area contributed by atoms with Crippen LogP contribution in [0.25, 0.3) is 15.9 Å². The van der Waals surface area contributed by atoms with E-state index in [0.29, 0.717) is 39.5 Å². The van der Waals surface area contributed by atoms with Gasteiger partial charge in [0, 0.05) is 18.0 Å². The first-order valence-corrected chi connectivity index (χ1v) is 14.6. The SMILES string of the molecule is CCc1c(C)sc2nc(SCC(=O)N(C)C3CCS(=O)(=O)C3)n(-c3ccc(O)cc3C)c(=O)c12. The summed E-state index contributed by atoms with van der Waals surface area (Å²) in [6, 6.07) is 4.44. The number of carbonyl (C=O) groups excluding carboxylic acids is 1. The van der Waals surface area contributed by atoms with Gasteiger partial charge in [-0.05, 0) is 56.0 Å². The fraction of sp³-hybridized carbons (Fsp3) is 0.435. The van der Waals surface area contributed by atoms with Gasteiger partial charge in [0.15, 0.2) is 15.0 Å². The number of hydrogen-bond acceptors (Lipinski definition) is 8. The Morgan fingerprint density at radius 2 is 2.09 bits per heavy atom. The number of nitrogens with zero attached hydrogens (tertiary/aromatic N) is 3. The van der Waals surface area contributed by atoms with Crippen LogP contribution < -0.4 is 5.56 Å². The average Bonchev–Trinajstić information content (AvgIpc) is 3.30. The van der Waals surface area contributed by atoms with Gasteiger partial charge in [-0.3, -0.25) is 14.2 Å². The van der Waals surface area contributed by atoms with Crippen molar-refractivity contribution in [1.29, 1.82) is 0 Å². The number of thiophene rings is 1. The summed E-state index contributed by atoms with van der Waals surface area (Å²) in [4.78, 5) is 34.6. The fourth-order valence-corrected chi connectivity index (χ4v) is 8.19. The summed E-state index contributed by atoms with van der Waals surface area (Å²) < 4.78 is 25.1. The molecule has 1 fully saturated rings. The van der Waals surface area contributed by atoms with E-state index in [2.05, 4.69) is 0 Å². The van der Waals surface area contributed by atoms with E-state index in [0.717, 1.165) is 22.2 Å². The number of aromatic hydroxyl groups is 1. The topological polar surface area (TPSA) is 110 Å². The number of thioether (sulfide) groups is 1. The second kappa shape index (κ2) is 9.35.